The Morgan fingerprint density at radius 3 is 2.44 bits per heavy atom. The number of nitrogens with zero attached hydrogens (tertiary/aromatic N) is 1. The lowest BCUT2D eigenvalue weighted by Crippen LogP contribution is -2.32. The largest absolute Gasteiger partial charge is 0.497 e. The molecule has 3 aromatic carbocycles. The molecule has 2 N–H and O–H groups in total. The van der Waals surface area contributed by atoms with E-state index in [0.29, 0.717) is 38.1 Å². The van der Waals surface area contributed by atoms with Crippen molar-refractivity contribution in [3.63, 3.8) is 0 Å². The molecule has 0 bridgehead atoms. The number of hydrogen-bond acceptors (Lipinski definition) is 7. The summed E-state index contributed by atoms with van der Waals surface area (Å²) in [4.78, 5) is 24.5. The van der Waals surface area contributed by atoms with Crippen molar-refractivity contribution in [1.29, 1.82) is 0 Å². The molecule has 11 heteroatoms. The van der Waals surface area contributed by atoms with Crippen LogP contribution >= 0.6 is 27.5 Å². The standard InChI is InChI=1S/C25H23BrClN3O6/c1-33-18-7-8-21(34-2)20(12-18)29-24(31)25(32)30-28-13-16-10-19(26)23(22(11-16)35-3)36-14-15-5-4-6-17(27)9-15/h4-13H,14H2,1-3H3,(H,29,31)(H,30,32)/b28-13+. The molecule has 0 aromatic heterocycles. The molecule has 0 atom stereocenters. The van der Waals surface area contributed by atoms with Crippen LogP contribution in [0.25, 0.3) is 0 Å². The monoisotopic (exact) mass is 575 g/mol. The van der Waals surface area contributed by atoms with Crippen molar-refractivity contribution >= 4 is 51.2 Å². The number of ether oxygens (including phenoxy) is 4. The van der Waals surface area contributed by atoms with Gasteiger partial charge in [-0.25, -0.2) is 5.43 Å². The Morgan fingerprint density at radius 1 is 0.972 bits per heavy atom. The number of nitrogens with one attached hydrogen (secondary N) is 2. The van der Waals surface area contributed by atoms with Crippen molar-refractivity contribution in [2.45, 2.75) is 6.61 Å². The molecule has 0 saturated carbocycles. The van der Waals surface area contributed by atoms with Crippen LogP contribution in [-0.4, -0.2) is 39.4 Å². The summed E-state index contributed by atoms with van der Waals surface area (Å²) in [6.07, 6.45) is 1.37. The van der Waals surface area contributed by atoms with Crippen molar-refractivity contribution in [3.05, 3.63) is 75.2 Å². The van der Waals surface area contributed by atoms with Gasteiger partial charge < -0.3 is 24.3 Å². The Morgan fingerprint density at radius 2 is 1.75 bits per heavy atom. The fourth-order valence-corrected chi connectivity index (χ4v) is 3.83. The third kappa shape index (κ3) is 7.12. The number of methoxy groups -OCH3 is 3. The number of anilines is 1. The van der Waals surface area contributed by atoms with Crippen LogP contribution in [0.4, 0.5) is 5.69 Å². The summed E-state index contributed by atoms with van der Waals surface area (Å²) < 4.78 is 22.3. The number of halogens is 2. The Kier molecular flexibility index (Phi) is 9.54. The molecule has 0 spiro atoms. The summed E-state index contributed by atoms with van der Waals surface area (Å²) in [6.45, 7) is 0.284. The van der Waals surface area contributed by atoms with E-state index in [1.54, 1.807) is 30.3 Å². The highest BCUT2D eigenvalue weighted by Gasteiger charge is 2.16. The summed E-state index contributed by atoms with van der Waals surface area (Å²) in [5.74, 6) is -0.0997. The lowest BCUT2D eigenvalue weighted by Gasteiger charge is -2.13. The third-order valence-corrected chi connectivity index (χ3v) is 5.59. The molecular weight excluding hydrogens is 554 g/mol. The Labute approximate surface area is 221 Å². The molecule has 0 fully saturated rings. The maximum atomic E-state index is 12.3. The van der Waals surface area contributed by atoms with Gasteiger partial charge in [-0.2, -0.15) is 5.10 Å². The molecule has 3 rings (SSSR count). The van der Waals surface area contributed by atoms with E-state index in [9.17, 15) is 9.59 Å². The topological polar surface area (TPSA) is 107 Å². The number of hydrazone groups is 1. The molecule has 0 heterocycles. The highest BCUT2D eigenvalue weighted by Crippen LogP contribution is 2.37. The molecule has 188 valence electrons. The molecule has 9 nitrogen and oxygen atoms in total. The van der Waals surface area contributed by atoms with Crippen LogP contribution in [0.3, 0.4) is 0 Å². The van der Waals surface area contributed by atoms with Gasteiger partial charge in [-0.05, 0) is 63.5 Å². The fourth-order valence-electron chi connectivity index (χ4n) is 3.04. The van der Waals surface area contributed by atoms with Gasteiger partial charge in [-0.3, -0.25) is 9.59 Å². The van der Waals surface area contributed by atoms with Gasteiger partial charge in [0.05, 0.1) is 37.7 Å². The van der Waals surface area contributed by atoms with Gasteiger partial charge in [0.15, 0.2) is 11.5 Å². The van der Waals surface area contributed by atoms with Gasteiger partial charge >= 0.3 is 11.8 Å². The first-order chi connectivity index (χ1) is 17.3. The minimum absolute atomic E-state index is 0.281. The van der Waals surface area contributed by atoms with Gasteiger partial charge in [0.2, 0.25) is 0 Å². The molecule has 3 aromatic rings. The zero-order valence-electron chi connectivity index (χ0n) is 19.6. The summed E-state index contributed by atoms with van der Waals surface area (Å²) in [5.41, 5.74) is 3.95. The van der Waals surface area contributed by atoms with Gasteiger partial charge in [-0.15, -0.1) is 0 Å². The first kappa shape index (κ1) is 26.8. The number of amides is 2. The molecule has 2 amide bonds. The highest BCUT2D eigenvalue weighted by molar-refractivity contribution is 9.10. The van der Waals surface area contributed by atoms with E-state index in [1.165, 1.54) is 33.6 Å². The number of rotatable bonds is 9. The first-order valence-corrected chi connectivity index (χ1v) is 11.6. The van der Waals surface area contributed by atoms with E-state index in [2.05, 4.69) is 31.8 Å². The van der Waals surface area contributed by atoms with Crippen LogP contribution in [0.15, 0.2) is 64.2 Å². The van der Waals surface area contributed by atoms with Gasteiger partial charge in [0, 0.05) is 11.1 Å². The lowest BCUT2D eigenvalue weighted by atomic mass is 10.2. The summed E-state index contributed by atoms with van der Waals surface area (Å²) in [7, 11) is 4.44. The minimum Gasteiger partial charge on any atom is -0.497 e. The number of hydrogen-bond donors (Lipinski definition) is 2. The van der Waals surface area contributed by atoms with Gasteiger partial charge in [0.1, 0.15) is 18.1 Å². The lowest BCUT2D eigenvalue weighted by molar-refractivity contribution is -0.136. The second-order valence-corrected chi connectivity index (χ2v) is 8.46. The van der Waals surface area contributed by atoms with Gasteiger partial charge in [0.25, 0.3) is 0 Å². The SMILES string of the molecule is COc1ccc(OC)c(NC(=O)C(=O)N/N=C/c2cc(Br)c(OCc3cccc(Cl)c3)c(OC)c2)c1. The van der Waals surface area contributed by atoms with Crippen molar-refractivity contribution in [1.82, 2.24) is 5.43 Å². The van der Waals surface area contributed by atoms with Crippen LogP contribution in [0.2, 0.25) is 5.02 Å². The molecule has 36 heavy (non-hydrogen) atoms. The van der Waals surface area contributed by atoms with Crippen LogP contribution in [0.5, 0.6) is 23.0 Å². The normalized spacial score (nSPS) is 10.6. The Bertz CT molecular complexity index is 1280. The van der Waals surface area contributed by atoms with E-state index in [-0.39, 0.29) is 12.3 Å². The Balaban J connectivity index is 1.64. The zero-order valence-corrected chi connectivity index (χ0v) is 22.0. The quantitative estimate of drug-likeness (QED) is 0.215. The minimum atomic E-state index is -0.969. The summed E-state index contributed by atoms with van der Waals surface area (Å²) in [6, 6.07) is 15.6. The molecular formula is C25H23BrClN3O6. The summed E-state index contributed by atoms with van der Waals surface area (Å²) >= 11 is 9.49. The van der Waals surface area contributed by atoms with E-state index < -0.39 is 11.8 Å². The van der Waals surface area contributed by atoms with E-state index >= 15 is 0 Å². The molecule has 0 aliphatic rings. The predicted octanol–water partition coefficient (Wildman–Crippen LogP) is 4.80. The van der Waals surface area contributed by atoms with Crippen LogP contribution in [0.1, 0.15) is 11.1 Å². The maximum Gasteiger partial charge on any atom is 0.329 e. The zero-order chi connectivity index (χ0) is 26.1. The average Bonchev–Trinajstić information content (AvgIpc) is 2.87. The number of benzene rings is 3. The summed E-state index contributed by atoms with van der Waals surface area (Å²) in [5, 5.41) is 6.94. The molecule has 0 radical (unpaired) electrons. The second-order valence-electron chi connectivity index (χ2n) is 7.17. The fraction of sp³-hybridized carbons (Fsp3) is 0.160. The molecule has 0 unspecified atom stereocenters. The molecule has 0 aliphatic carbocycles. The second kappa shape index (κ2) is 12.8. The van der Waals surface area contributed by atoms with Crippen molar-refractivity contribution < 1.29 is 28.5 Å². The van der Waals surface area contributed by atoms with Crippen LogP contribution in [0, 0.1) is 0 Å². The number of carbonyl (C=O) groups is 2. The Hall–Kier alpha value is -3.76. The van der Waals surface area contributed by atoms with Crippen LogP contribution in [-0.2, 0) is 16.2 Å². The van der Waals surface area contributed by atoms with Crippen molar-refractivity contribution in [2.24, 2.45) is 5.10 Å². The average molecular weight is 577 g/mol. The third-order valence-electron chi connectivity index (χ3n) is 4.76. The smallest absolute Gasteiger partial charge is 0.329 e. The first-order valence-electron chi connectivity index (χ1n) is 10.5. The van der Waals surface area contributed by atoms with E-state index in [0.717, 1.165) is 5.56 Å². The van der Waals surface area contributed by atoms with Crippen molar-refractivity contribution in [2.75, 3.05) is 26.6 Å². The predicted molar refractivity (Wildman–Crippen MR) is 140 cm³/mol. The van der Waals surface area contributed by atoms with Gasteiger partial charge in [-0.1, -0.05) is 23.7 Å². The maximum absolute atomic E-state index is 12.3. The van der Waals surface area contributed by atoms with Crippen molar-refractivity contribution in [3.8, 4) is 23.0 Å². The van der Waals surface area contributed by atoms with Crippen LogP contribution < -0.4 is 29.7 Å². The molecule has 0 saturated heterocycles. The van der Waals surface area contributed by atoms with E-state index in [4.69, 9.17) is 30.5 Å². The van der Waals surface area contributed by atoms with E-state index in [1.807, 2.05) is 18.2 Å². The molecule has 0 aliphatic heterocycles. The highest BCUT2D eigenvalue weighted by atomic mass is 79.9. The number of carbonyl (C=O) groups excluding carboxylic acids is 2.